The van der Waals surface area contributed by atoms with Gasteiger partial charge in [-0.05, 0) is 55.0 Å². The predicted molar refractivity (Wildman–Crippen MR) is 115 cm³/mol. The molecule has 1 aliphatic rings. The van der Waals surface area contributed by atoms with E-state index in [1.54, 1.807) is 19.9 Å². The van der Waals surface area contributed by atoms with Crippen LogP contribution in [0.4, 0.5) is 19.0 Å². The number of alkyl halides is 3. The molecule has 1 aliphatic heterocycles. The van der Waals surface area contributed by atoms with E-state index in [1.165, 1.54) is 12.4 Å². The summed E-state index contributed by atoms with van der Waals surface area (Å²) in [4.78, 5) is 26.5. The average Bonchev–Trinajstić information content (AvgIpc) is 2.78. The van der Waals surface area contributed by atoms with Gasteiger partial charge in [0, 0.05) is 32.3 Å². The van der Waals surface area contributed by atoms with Crippen LogP contribution >= 0.6 is 0 Å². The molecule has 2 aromatic heterocycles. The molecule has 0 bridgehead atoms. The number of piperidine rings is 1. The molecule has 168 valence electrons. The summed E-state index contributed by atoms with van der Waals surface area (Å²) < 4.78 is 39.3. The van der Waals surface area contributed by atoms with Gasteiger partial charge in [0.1, 0.15) is 12.1 Å². The number of pyridine rings is 1. The number of amides is 1. The minimum Gasteiger partial charge on any atom is -0.363 e. The fourth-order valence-electron chi connectivity index (χ4n) is 4.10. The third-order valence-corrected chi connectivity index (χ3v) is 5.99. The lowest BCUT2D eigenvalue weighted by atomic mass is 9.90. The standard InChI is InChI=1S/C23H24F3N5O/c1-14(17-4-3-5-19(10-17)23(24,25)26)30-22-20-11-18(12-27-21(20)28-13-29-22)16-6-8-31(9-7-16)15(2)32/h3-5,10-14,16H,6-9H2,1-2H3,(H,27,28,29,30)/t14-/m1/s1. The third kappa shape index (κ3) is 4.66. The summed E-state index contributed by atoms with van der Waals surface area (Å²) in [5.74, 6) is 0.885. The largest absolute Gasteiger partial charge is 0.416 e. The summed E-state index contributed by atoms with van der Waals surface area (Å²) in [7, 11) is 0. The quantitative estimate of drug-likeness (QED) is 0.618. The number of aromatic nitrogens is 3. The van der Waals surface area contributed by atoms with Crippen LogP contribution in [0, 0.1) is 0 Å². The molecule has 1 N–H and O–H groups in total. The number of carbonyl (C=O) groups excluding carboxylic acids is 1. The highest BCUT2D eigenvalue weighted by Crippen LogP contribution is 2.33. The maximum atomic E-state index is 13.1. The lowest BCUT2D eigenvalue weighted by Crippen LogP contribution is -2.36. The van der Waals surface area contributed by atoms with Crippen molar-refractivity contribution in [3.8, 4) is 0 Å². The van der Waals surface area contributed by atoms with Crippen molar-refractivity contribution in [1.29, 1.82) is 0 Å². The number of rotatable bonds is 4. The summed E-state index contributed by atoms with van der Waals surface area (Å²) in [5, 5.41) is 3.94. The normalized spacial score (nSPS) is 16.2. The Labute approximate surface area is 183 Å². The summed E-state index contributed by atoms with van der Waals surface area (Å²) >= 11 is 0. The smallest absolute Gasteiger partial charge is 0.363 e. The number of halogens is 3. The molecule has 0 aliphatic carbocycles. The molecule has 6 nitrogen and oxygen atoms in total. The molecule has 3 aromatic rings. The van der Waals surface area contributed by atoms with Crippen molar-refractivity contribution in [2.75, 3.05) is 18.4 Å². The van der Waals surface area contributed by atoms with Crippen molar-refractivity contribution in [1.82, 2.24) is 19.9 Å². The second-order valence-electron chi connectivity index (χ2n) is 8.13. The Hall–Kier alpha value is -3.23. The summed E-state index contributed by atoms with van der Waals surface area (Å²) in [6.45, 7) is 4.79. The second-order valence-corrected chi connectivity index (χ2v) is 8.13. The fourth-order valence-corrected chi connectivity index (χ4v) is 4.10. The topological polar surface area (TPSA) is 71.0 Å². The second kappa shape index (κ2) is 8.72. The maximum absolute atomic E-state index is 13.1. The number of hydrogen-bond acceptors (Lipinski definition) is 5. The lowest BCUT2D eigenvalue weighted by molar-refractivity contribution is -0.137. The molecule has 0 unspecified atom stereocenters. The van der Waals surface area contributed by atoms with Crippen LogP contribution in [0.1, 0.15) is 55.3 Å². The minimum absolute atomic E-state index is 0.0866. The lowest BCUT2D eigenvalue weighted by Gasteiger charge is -2.31. The number of benzene rings is 1. The Morgan fingerprint density at radius 1 is 1.16 bits per heavy atom. The Morgan fingerprint density at radius 2 is 1.91 bits per heavy atom. The molecular weight excluding hydrogens is 419 g/mol. The monoisotopic (exact) mass is 443 g/mol. The maximum Gasteiger partial charge on any atom is 0.416 e. The van der Waals surface area contributed by atoms with E-state index in [4.69, 9.17) is 0 Å². The molecule has 9 heteroatoms. The van der Waals surface area contributed by atoms with Crippen molar-refractivity contribution in [2.45, 2.75) is 44.8 Å². The molecule has 32 heavy (non-hydrogen) atoms. The van der Waals surface area contributed by atoms with E-state index < -0.39 is 17.8 Å². The van der Waals surface area contributed by atoms with Crippen LogP contribution in [0.25, 0.3) is 11.0 Å². The number of nitrogens with zero attached hydrogens (tertiary/aromatic N) is 4. The number of anilines is 1. The zero-order valence-corrected chi connectivity index (χ0v) is 17.9. The number of likely N-dealkylation sites (tertiary alicyclic amines) is 1. The van der Waals surface area contributed by atoms with Gasteiger partial charge in [0.15, 0.2) is 5.65 Å². The molecule has 1 aromatic carbocycles. The first-order valence-corrected chi connectivity index (χ1v) is 10.5. The van der Waals surface area contributed by atoms with E-state index in [9.17, 15) is 18.0 Å². The Balaban J connectivity index is 1.58. The Kier molecular flexibility index (Phi) is 5.99. The number of carbonyl (C=O) groups is 1. The van der Waals surface area contributed by atoms with Gasteiger partial charge in [0.05, 0.1) is 10.9 Å². The van der Waals surface area contributed by atoms with Gasteiger partial charge in [0.25, 0.3) is 0 Å². The molecule has 1 atom stereocenters. The molecule has 0 spiro atoms. The van der Waals surface area contributed by atoms with Crippen molar-refractivity contribution in [3.05, 3.63) is 59.5 Å². The van der Waals surface area contributed by atoms with Crippen LogP contribution in [-0.2, 0) is 11.0 Å². The van der Waals surface area contributed by atoms with Gasteiger partial charge in [-0.15, -0.1) is 0 Å². The van der Waals surface area contributed by atoms with Crippen molar-refractivity contribution in [2.24, 2.45) is 0 Å². The van der Waals surface area contributed by atoms with Crippen molar-refractivity contribution >= 4 is 22.8 Å². The zero-order chi connectivity index (χ0) is 22.9. The van der Waals surface area contributed by atoms with E-state index in [0.29, 0.717) is 30.1 Å². The van der Waals surface area contributed by atoms with Crippen LogP contribution in [0.3, 0.4) is 0 Å². The molecular formula is C23H24F3N5O. The SMILES string of the molecule is CC(=O)N1CCC(c2cnc3ncnc(N[C@H](C)c4cccc(C(F)(F)F)c4)c3c2)CC1. The first-order valence-electron chi connectivity index (χ1n) is 10.5. The van der Waals surface area contributed by atoms with Crippen LogP contribution < -0.4 is 5.32 Å². The third-order valence-electron chi connectivity index (χ3n) is 5.99. The minimum atomic E-state index is -4.39. The number of fused-ring (bicyclic) bond motifs is 1. The molecule has 0 saturated carbocycles. The predicted octanol–water partition coefficient (Wildman–Crippen LogP) is 4.94. The number of hydrogen-bond donors (Lipinski definition) is 1. The van der Waals surface area contributed by atoms with Gasteiger partial charge in [-0.25, -0.2) is 15.0 Å². The highest BCUT2D eigenvalue weighted by atomic mass is 19.4. The highest BCUT2D eigenvalue weighted by molar-refractivity contribution is 5.86. The molecule has 0 radical (unpaired) electrons. The molecule has 1 amide bonds. The number of nitrogens with one attached hydrogen (secondary N) is 1. The zero-order valence-electron chi connectivity index (χ0n) is 17.9. The van der Waals surface area contributed by atoms with E-state index in [2.05, 4.69) is 20.3 Å². The van der Waals surface area contributed by atoms with Gasteiger partial charge in [-0.3, -0.25) is 4.79 Å². The van der Waals surface area contributed by atoms with Crippen LogP contribution in [0.15, 0.2) is 42.9 Å². The summed E-state index contributed by atoms with van der Waals surface area (Å²) in [6.07, 6.45) is 0.507. The van der Waals surface area contributed by atoms with E-state index in [1.807, 2.05) is 17.2 Å². The van der Waals surface area contributed by atoms with Crippen LogP contribution in [-0.4, -0.2) is 38.8 Å². The van der Waals surface area contributed by atoms with Gasteiger partial charge in [0.2, 0.25) is 5.91 Å². The molecule has 1 fully saturated rings. The average molecular weight is 443 g/mol. The molecule has 4 rings (SSSR count). The first-order chi connectivity index (χ1) is 15.2. The van der Waals surface area contributed by atoms with Crippen molar-refractivity contribution in [3.63, 3.8) is 0 Å². The highest BCUT2D eigenvalue weighted by Gasteiger charge is 2.30. The molecule has 1 saturated heterocycles. The summed E-state index contributed by atoms with van der Waals surface area (Å²) in [5.41, 5.74) is 1.39. The first kappa shape index (κ1) is 22.0. The van der Waals surface area contributed by atoms with E-state index >= 15 is 0 Å². The van der Waals surface area contributed by atoms with Crippen LogP contribution in [0.5, 0.6) is 0 Å². The van der Waals surface area contributed by atoms with Gasteiger partial charge < -0.3 is 10.2 Å². The van der Waals surface area contributed by atoms with E-state index in [0.717, 1.165) is 35.9 Å². The van der Waals surface area contributed by atoms with Crippen LogP contribution in [0.2, 0.25) is 0 Å². The van der Waals surface area contributed by atoms with Gasteiger partial charge >= 0.3 is 6.18 Å². The summed E-state index contributed by atoms with van der Waals surface area (Å²) in [6, 6.07) is 6.86. The van der Waals surface area contributed by atoms with E-state index in [-0.39, 0.29) is 11.8 Å². The van der Waals surface area contributed by atoms with Crippen molar-refractivity contribution < 1.29 is 18.0 Å². The Morgan fingerprint density at radius 3 is 2.59 bits per heavy atom. The Bertz CT molecular complexity index is 1130. The molecule has 3 heterocycles. The van der Waals surface area contributed by atoms with Gasteiger partial charge in [-0.2, -0.15) is 13.2 Å². The van der Waals surface area contributed by atoms with Gasteiger partial charge in [-0.1, -0.05) is 12.1 Å². The fraction of sp³-hybridized carbons (Fsp3) is 0.391.